The third kappa shape index (κ3) is 4.18. The van der Waals surface area contributed by atoms with E-state index >= 15 is 0 Å². The largest absolute Gasteiger partial charge is 0.352 e. The van der Waals surface area contributed by atoms with E-state index in [9.17, 15) is 17.6 Å². The Labute approximate surface area is 116 Å². The Kier molecular flexibility index (Phi) is 4.92. The first-order valence-electron chi connectivity index (χ1n) is 5.66. The van der Waals surface area contributed by atoms with Crippen LogP contribution < -0.4 is 5.32 Å². The number of benzene rings is 1. The standard InChI is InChI=1S/C12H15ClFNO3S/c1-7(2)6-15-12(16)9-4-8(3)11(14)10(5-9)19(13,17)18/h4-5,7H,6H2,1-3H3,(H,15,16). The van der Waals surface area contributed by atoms with Gasteiger partial charge in [0.05, 0.1) is 0 Å². The molecule has 0 aliphatic carbocycles. The van der Waals surface area contributed by atoms with Gasteiger partial charge in [-0.3, -0.25) is 4.79 Å². The molecule has 0 aromatic heterocycles. The van der Waals surface area contributed by atoms with Crippen molar-refractivity contribution in [2.75, 3.05) is 6.54 Å². The van der Waals surface area contributed by atoms with E-state index in [1.807, 2.05) is 13.8 Å². The first-order chi connectivity index (χ1) is 8.62. The molecule has 0 radical (unpaired) electrons. The lowest BCUT2D eigenvalue weighted by atomic mass is 10.1. The van der Waals surface area contributed by atoms with Crippen LogP contribution in [0.5, 0.6) is 0 Å². The minimum atomic E-state index is -4.23. The molecule has 7 heteroatoms. The topological polar surface area (TPSA) is 63.2 Å². The molecule has 0 saturated heterocycles. The van der Waals surface area contributed by atoms with Crippen molar-refractivity contribution in [2.45, 2.75) is 25.7 Å². The average molecular weight is 308 g/mol. The molecular weight excluding hydrogens is 293 g/mol. The zero-order valence-corrected chi connectivity index (χ0v) is 12.4. The summed E-state index contributed by atoms with van der Waals surface area (Å²) in [6, 6.07) is 2.23. The number of aryl methyl sites for hydroxylation is 1. The Bertz CT molecular complexity index is 599. The van der Waals surface area contributed by atoms with E-state index in [0.29, 0.717) is 6.54 Å². The summed E-state index contributed by atoms with van der Waals surface area (Å²) in [6.07, 6.45) is 0. The van der Waals surface area contributed by atoms with Gasteiger partial charge in [0.2, 0.25) is 0 Å². The van der Waals surface area contributed by atoms with Gasteiger partial charge in [-0.25, -0.2) is 12.8 Å². The Balaban J connectivity index is 3.18. The zero-order valence-electron chi connectivity index (χ0n) is 10.8. The number of hydrogen-bond donors (Lipinski definition) is 1. The Morgan fingerprint density at radius 3 is 2.47 bits per heavy atom. The summed E-state index contributed by atoms with van der Waals surface area (Å²) >= 11 is 0. The highest BCUT2D eigenvalue weighted by Gasteiger charge is 2.21. The number of nitrogens with one attached hydrogen (secondary N) is 1. The molecule has 0 bridgehead atoms. The van der Waals surface area contributed by atoms with Crippen LogP contribution in [0.15, 0.2) is 17.0 Å². The van der Waals surface area contributed by atoms with Gasteiger partial charge in [0.1, 0.15) is 10.7 Å². The number of rotatable bonds is 4. The second-order valence-corrected chi connectivity index (χ2v) is 7.18. The molecule has 0 aliphatic rings. The fourth-order valence-corrected chi connectivity index (χ4v) is 2.42. The third-order valence-corrected chi connectivity index (χ3v) is 3.74. The van der Waals surface area contributed by atoms with E-state index in [4.69, 9.17) is 10.7 Å². The number of carbonyl (C=O) groups is 1. The van der Waals surface area contributed by atoms with Crippen molar-refractivity contribution in [3.05, 3.63) is 29.1 Å². The summed E-state index contributed by atoms with van der Waals surface area (Å²) in [5, 5.41) is 2.62. The van der Waals surface area contributed by atoms with Crippen molar-refractivity contribution >= 4 is 25.6 Å². The molecule has 0 saturated carbocycles. The molecule has 1 aromatic carbocycles. The van der Waals surface area contributed by atoms with Crippen molar-refractivity contribution in [1.29, 1.82) is 0 Å². The molecule has 106 valence electrons. The first kappa shape index (κ1) is 15.9. The van der Waals surface area contributed by atoms with E-state index in [1.54, 1.807) is 0 Å². The smallest absolute Gasteiger partial charge is 0.264 e. The van der Waals surface area contributed by atoms with Crippen LogP contribution in [0.25, 0.3) is 0 Å². The van der Waals surface area contributed by atoms with Crippen molar-refractivity contribution in [3.8, 4) is 0 Å². The second kappa shape index (κ2) is 5.88. The van der Waals surface area contributed by atoms with Gasteiger partial charge in [0.15, 0.2) is 0 Å². The maximum Gasteiger partial charge on any atom is 0.264 e. The number of amides is 1. The SMILES string of the molecule is Cc1cc(C(=O)NCC(C)C)cc(S(=O)(=O)Cl)c1F. The van der Waals surface area contributed by atoms with Crippen molar-refractivity contribution in [1.82, 2.24) is 5.32 Å². The third-order valence-electron chi connectivity index (χ3n) is 2.42. The summed E-state index contributed by atoms with van der Waals surface area (Å²) in [5.41, 5.74) is 0.121. The van der Waals surface area contributed by atoms with Crippen LogP contribution in [0.2, 0.25) is 0 Å². The van der Waals surface area contributed by atoms with Gasteiger partial charge >= 0.3 is 0 Å². The monoisotopic (exact) mass is 307 g/mol. The van der Waals surface area contributed by atoms with Gasteiger partial charge in [-0.15, -0.1) is 0 Å². The Morgan fingerprint density at radius 2 is 2.00 bits per heavy atom. The Morgan fingerprint density at radius 1 is 1.42 bits per heavy atom. The van der Waals surface area contributed by atoms with Crippen LogP contribution >= 0.6 is 10.7 Å². The van der Waals surface area contributed by atoms with Crippen molar-refractivity contribution < 1.29 is 17.6 Å². The van der Waals surface area contributed by atoms with Gasteiger partial charge in [0, 0.05) is 22.8 Å². The second-order valence-electron chi connectivity index (χ2n) is 4.65. The lowest BCUT2D eigenvalue weighted by molar-refractivity contribution is 0.0948. The maximum absolute atomic E-state index is 13.7. The normalized spacial score (nSPS) is 11.7. The average Bonchev–Trinajstić information content (AvgIpc) is 2.27. The maximum atomic E-state index is 13.7. The molecule has 0 aliphatic heterocycles. The summed E-state index contributed by atoms with van der Waals surface area (Å²) in [7, 11) is 0.914. The predicted molar refractivity (Wildman–Crippen MR) is 71.3 cm³/mol. The minimum absolute atomic E-state index is 0.0522. The molecule has 0 heterocycles. The molecule has 19 heavy (non-hydrogen) atoms. The molecule has 0 atom stereocenters. The molecule has 1 N–H and O–H groups in total. The summed E-state index contributed by atoms with van der Waals surface area (Å²) in [4.78, 5) is 11.1. The Hall–Kier alpha value is -1.14. The number of carbonyl (C=O) groups excluding carboxylic acids is 1. The van der Waals surface area contributed by atoms with Crippen LogP contribution in [-0.2, 0) is 9.05 Å². The van der Waals surface area contributed by atoms with Crippen LogP contribution in [0.1, 0.15) is 29.8 Å². The van der Waals surface area contributed by atoms with E-state index in [0.717, 1.165) is 6.07 Å². The van der Waals surface area contributed by atoms with Gasteiger partial charge < -0.3 is 5.32 Å². The van der Waals surface area contributed by atoms with E-state index in [1.165, 1.54) is 13.0 Å². The molecule has 0 unspecified atom stereocenters. The summed E-state index contributed by atoms with van der Waals surface area (Å²) in [6.45, 7) is 5.66. The van der Waals surface area contributed by atoms with E-state index < -0.39 is 25.7 Å². The zero-order chi connectivity index (χ0) is 14.8. The van der Waals surface area contributed by atoms with Gasteiger partial charge in [-0.1, -0.05) is 13.8 Å². The molecule has 4 nitrogen and oxygen atoms in total. The predicted octanol–water partition coefficient (Wildman–Crippen LogP) is 2.45. The number of halogens is 2. The van der Waals surface area contributed by atoms with Crippen LogP contribution in [-0.4, -0.2) is 20.9 Å². The fraction of sp³-hybridized carbons (Fsp3) is 0.417. The number of hydrogen-bond acceptors (Lipinski definition) is 3. The molecular formula is C12H15ClFNO3S. The molecule has 0 spiro atoms. The summed E-state index contributed by atoms with van der Waals surface area (Å²) in [5.74, 6) is -1.14. The van der Waals surface area contributed by atoms with Gasteiger partial charge in [-0.05, 0) is 30.5 Å². The minimum Gasteiger partial charge on any atom is -0.352 e. The molecule has 0 fully saturated rings. The molecule has 1 rings (SSSR count). The van der Waals surface area contributed by atoms with Crippen LogP contribution in [0, 0.1) is 18.7 Å². The molecule has 1 amide bonds. The van der Waals surface area contributed by atoms with Crippen LogP contribution in [0.3, 0.4) is 0 Å². The lowest BCUT2D eigenvalue weighted by Gasteiger charge is -2.10. The van der Waals surface area contributed by atoms with Crippen LogP contribution in [0.4, 0.5) is 4.39 Å². The van der Waals surface area contributed by atoms with Crippen molar-refractivity contribution in [3.63, 3.8) is 0 Å². The van der Waals surface area contributed by atoms with E-state index in [-0.39, 0.29) is 17.0 Å². The molecule has 1 aromatic rings. The highest BCUT2D eigenvalue weighted by molar-refractivity contribution is 8.13. The first-order valence-corrected chi connectivity index (χ1v) is 7.97. The fourth-order valence-electron chi connectivity index (χ4n) is 1.44. The van der Waals surface area contributed by atoms with Gasteiger partial charge in [0.25, 0.3) is 15.0 Å². The lowest BCUT2D eigenvalue weighted by Crippen LogP contribution is -2.27. The summed E-state index contributed by atoms with van der Waals surface area (Å²) < 4.78 is 36.1. The highest BCUT2D eigenvalue weighted by atomic mass is 35.7. The highest BCUT2D eigenvalue weighted by Crippen LogP contribution is 2.23. The quantitative estimate of drug-likeness (QED) is 0.869. The van der Waals surface area contributed by atoms with Gasteiger partial charge in [-0.2, -0.15) is 0 Å². The van der Waals surface area contributed by atoms with Crippen molar-refractivity contribution in [2.24, 2.45) is 5.92 Å². The van der Waals surface area contributed by atoms with E-state index in [2.05, 4.69) is 5.32 Å².